The number of ether oxygens (including phenoxy) is 1. The Morgan fingerprint density at radius 2 is 1.78 bits per heavy atom. The van der Waals surface area contributed by atoms with E-state index >= 15 is 0 Å². The molecule has 32 heavy (non-hydrogen) atoms. The van der Waals surface area contributed by atoms with Crippen molar-refractivity contribution in [3.05, 3.63) is 102 Å². The Bertz CT molecular complexity index is 1230. The predicted octanol–water partition coefficient (Wildman–Crippen LogP) is 4.96. The van der Waals surface area contributed by atoms with E-state index in [1.165, 1.54) is 18.5 Å². The van der Waals surface area contributed by atoms with Gasteiger partial charge in [-0.3, -0.25) is 4.79 Å². The molecule has 0 spiro atoms. The van der Waals surface area contributed by atoms with E-state index < -0.39 is 0 Å². The highest BCUT2D eigenvalue weighted by Gasteiger charge is 2.08. The van der Waals surface area contributed by atoms with E-state index in [2.05, 4.69) is 20.6 Å². The van der Waals surface area contributed by atoms with E-state index in [-0.39, 0.29) is 11.7 Å². The minimum atomic E-state index is -0.330. The van der Waals surface area contributed by atoms with Crippen LogP contribution in [0.4, 0.5) is 15.9 Å². The van der Waals surface area contributed by atoms with Crippen molar-refractivity contribution >= 4 is 17.4 Å². The zero-order valence-corrected chi connectivity index (χ0v) is 17.4. The molecule has 7 heteroatoms. The van der Waals surface area contributed by atoms with E-state index in [0.29, 0.717) is 34.9 Å². The van der Waals surface area contributed by atoms with Crippen LogP contribution in [0.15, 0.2) is 85.2 Å². The summed E-state index contributed by atoms with van der Waals surface area (Å²) in [5.74, 6) is 0.788. The van der Waals surface area contributed by atoms with Crippen LogP contribution >= 0.6 is 0 Å². The fourth-order valence-corrected chi connectivity index (χ4v) is 3.15. The SMILES string of the molecule is COc1ccc(CNC(=O)c2cccc(Nc3cc(-c4cccc(F)c4)ncn3)c2)cc1. The van der Waals surface area contributed by atoms with Crippen molar-refractivity contribution < 1.29 is 13.9 Å². The molecule has 0 atom stereocenters. The van der Waals surface area contributed by atoms with E-state index in [1.54, 1.807) is 43.5 Å². The van der Waals surface area contributed by atoms with Crippen LogP contribution in [0, 0.1) is 5.82 Å². The molecule has 0 unspecified atom stereocenters. The molecule has 160 valence electrons. The van der Waals surface area contributed by atoms with E-state index in [4.69, 9.17) is 4.74 Å². The van der Waals surface area contributed by atoms with Gasteiger partial charge in [-0.05, 0) is 48.0 Å². The Hall–Kier alpha value is -4.26. The van der Waals surface area contributed by atoms with Gasteiger partial charge in [0.1, 0.15) is 23.7 Å². The lowest BCUT2D eigenvalue weighted by atomic mass is 10.1. The smallest absolute Gasteiger partial charge is 0.251 e. The molecule has 0 radical (unpaired) electrons. The molecule has 0 aliphatic heterocycles. The average Bonchev–Trinajstić information content (AvgIpc) is 2.83. The highest BCUT2D eigenvalue weighted by Crippen LogP contribution is 2.22. The van der Waals surface area contributed by atoms with Crippen molar-refractivity contribution in [2.75, 3.05) is 12.4 Å². The highest BCUT2D eigenvalue weighted by atomic mass is 19.1. The number of hydrogen-bond acceptors (Lipinski definition) is 5. The van der Waals surface area contributed by atoms with Crippen LogP contribution in [0.3, 0.4) is 0 Å². The summed E-state index contributed by atoms with van der Waals surface area (Å²) in [6.45, 7) is 0.406. The van der Waals surface area contributed by atoms with Crippen LogP contribution in [-0.2, 0) is 6.54 Å². The van der Waals surface area contributed by atoms with E-state index in [0.717, 1.165) is 11.3 Å². The number of benzene rings is 3. The van der Waals surface area contributed by atoms with Crippen LogP contribution in [0.2, 0.25) is 0 Å². The number of nitrogens with one attached hydrogen (secondary N) is 2. The molecule has 0 bridgehead atoms. The third-order valence-corrected chi connectivity index (χ3v) is 4.80. The summed E-state index contributed by atoms with van der Waals surface area (Å²) in [6, 6.07) is 22.6. The van der Waals surface area contributed by atoms with Gasteiger partial charge in [0, 0.05) is 29.4 Å². The number of carbonyl (C=O) groups excluding carboxylic acids is 1. The first-order valence-electron chi connectivity index (χ1n) is 9.97. The zero-order chi connectivity index (χ0) is 22.3. The molecule has 6 nitrogen and oxygen atoms in total. The van der Waals surface area contributed by atoms with Gasteiger partial charge in [0.05, 0.1) is 12.8 Å². The summed E-state index contributed by atoms with van der Waals surface area (Å²) in [5, 5.41) is 6.08. The second-order valence-corrected chi connectivity index (χ2v) is 7.04. The van der Waals surface area contributed by atoms with Crippen LogP contribution < -0.4 is 15.4 Å². The van der Waals surface area contributed by atoms with Gasteiger partial charge in [-0.25, -0.2) is 14.4 Å². The number of amides is 1. The summed E-state index contributed by atoms with van der Waals surface area (Å²) in [4.78, 5) is 21.0. The third-order valence-electron chi connectivity index (χ3n) is 4.80. The maximum Gasteiger partial charge on any atom is 0.251 e. The van der Waals surface area contributed by atoms with Crippen molar-refractivity contribution in [1.82, 2.24) is 15.3 Å². The number of aromatic nitrogens is 2. The molecule has 0 saturated heterocycles. The lowest BCUT2D eigenvalue weighted by molar-refractivity contribution is 0.0951. The van der Waals surface area contributed by atoms with Gasteiger partial charge in [-0.2, -0.15) is 0 Å². The molecular weight excluding hydrogens is 407 g/mol. The lowest BCUT2D eigenvalue weighted by Crippen LogP contribution is -2.22. The van der Waals surface area contributed by atoms with Gasteiger partial charge in [0.15, 0.2) is 0 Å². The predicted molar refractivity (Wildman–Crippen MR) is 121 cm³/mol. The van der Waals surface area contributed by atoms with Crippen molar-refractivity contribution in [2.24, 2.45) is 0 Å². The Labute approximate surface area is 185 Å². The van der Waals surface area contributed by atoms with Crippen molar-refractivity contribution in [3.8, 4) is 17.0 Å². The quantitative estimate of drug-likeness (QED) is 0.435. The minimum Gasteiger partial charge on any atom is -0.497 e. The summed E-state index contributed by atoms with van der Waals surface area (Å²) >= 11 is 0. The van der Waals surface area contributed by atoms with Gasteiger partial charge in [0.25, 0.3) is 5.91 Å². The molecular formula is C25H21FN4O2. The second kappa shape index (κ2) is 9.70. The largest absolute Gasteiger partial charge is 0.497 e. The van der Waals surface area contributed by atoms with Gasteiger partial charge >= 0.3 is 0 Å². The molecule has 4 rings (SSSR count). The van der Waals surface area contributed by atoms with E-state index in [9.17, 15) is 9.18 Å². The van der Waals surface area contributed by atoms with Gasteiger partial charge in [-0.15, -0.1) is 0 Å². The number of hydrogen-bond donors (Lipinski definition) is 2. The van der Waals surface area contributed by atoms with E-state index in [1.807, 2.05) is 30.3 Å². The topological polar surface area (TPSA) is 76.1 Å². The van der Waals surface area contributed by atoms with Crippen LogP contribution in [0.25, 0.3) is 11.3 Å². The van der Waals surface area contributed by atoms with Crippen LogP contribution in [0.1, 0.15) is 15.9 Å². The van der Waals surface area contributed by atoms with Gasteiger partial charge in [0.2, 0.25) is 0 Å². The standard InChI is InChI=1S/C25H21FN4O2/c1-32-22-10-8-17(9-11-22)15-27-25(31)19-5-3-7-21(13-19)30-24-14-23(28-16-29-24)18-4-2-6-20(26)12-18/h2-14,16H,15H2,1H3,(H,27,31)(H,28,29,30). The molecule has 1 aromatic heterocycles. The number of methoxy groups -OCH3 is 1. The Balaban J connectivity index is 1.43. The van der Waals surface area contributed by atoms with Crippen molar-refractivity contribution in [1.29, 1.82) is 0 Å². The molecule has 0 fully saturated rings. The zero-order valence-electron chi connectivity index (χ0n) is 17.4. The van der Waals surface area contributed by atoms with Gasteiger partial charge < -0.3 is 15.4 Å². The van der Waals surface area contributed by atoms with Crippen molar-refractivity contribution in [3.63, 3.8) is 0 Å². The summed E-state index contributed by atoms with van der Waals surface area (Å²) in [6.07, 6.45) is 1.41. The fraction of sp³-hybridized carbons (Fsp3) is 0.0800. The molecule has 4 aromatic rings. The molecule has 0 aliphatic carbocycles. The number of halogens is 1. The average molecular weight is 428 g/mol. The Kier molecular flexibility index (Phi) is 6.36. The second-order valence-electron chi connectivity index (χ2n) is 7.04. The third kappa shape index (κ3) is 5.26. The summed E-state index contributed by atoms with van der Waals surface area (Å²) < 4.78 is 18.7. The summed E-state index contributed by atoms with van der Waals surface area (Å²) in [5.41, 5.74) is 3.44. The first-order valence-corrected chi connectivity index (χ1v) is 9.97. The maximum absolute atomic E-state index is 13.5. The van der Waals surface area contributed by atoms with Crippen LogP contribution in [-0.4, -0.2) is 23.0 Å². The molecule has 1 amide bonds. The van der Waals surface area contributed by atoms with Gasteiger partial charge in [-0.1, -0.05) is 30.3 Å². The number of rotatable bonds is 7. The number of carbonyl (C=O) groups is 1. The molecule has 3 aromatic carbocycles. The first-order chi connectivity index (χ1) is 15.6. The minimum absolute atomic E-state index is 0.187. The number of anilines is 2. The lowest BCUT2D eigenvalue weighted by Gasteiger charge is -2.10. The monoisotopic (exact) mass is 428 g/mol. The molecule has 0 aliphatic rings. The Morgan fingerprint density at radius 1 is 0.969 bits per heavy atom. The fourth-order valence-electron chi connectivity index (χ4n) is 3.15. The number of nitrogens with zero attached hydrogens (tertiary/aromatic N) is 2. The molecule has 2 N–H and O–H groups in total. The van der Waals surface area contributed by atoms with Crippen molar-refractivity contribution in [2.45, 2.75) is 6.54 Å². The highest BCUT2D eigenvalue weighted by molar-refractivity contribution is 5.95. The Morgan fingerprint density at radius 3 is 2.56 bits per heavy atom. The summed E-state index contributed by atoms with van der Waals surface area (Å²) in [7, 11) is 1.61. The molecule has 0 saturated carbocycles. The molecule has 1 heterocycles. The van der Waals surface area contributed by atoms with Crippen LogP contribution in [0.5, 0.6) is 5.75 Å². The first kappa shape index (κ1) is 21.0. The maximum atomic E-state index is 13.5. The normalized spacial score (nSPS) is 10.4.